The molecule has 3 heterocycles. The van der Waals surface area contributed by atoms with E-state index in [0.717, 1.165) is 60.4 Å². The molecule has 30 heavy (non-hydrogen) atoms. The molecule has 0 aliphatic carbocycles. The fourth-order valence-corrected chi connectivity index (χ4v) is 5.45. The number of hydrogen-bond acceptors (Lipinski definition) is 3. The molecule has 0 unspecified atom stereocenters. The average molecular weight is 420 g/mol. The molecule has 5 rings (SSSR count). The van der Waals surface area contributed by atoms with Crippen molar-refractivity contribution in [1.82, 2.24) is 9.47 Å². The lowest BCUT2D eigenvalue weighted by molar-refractivity contribution is -0.130. The van der Waals surface area contributed by atoms with E-state index in [-0.39, 0.29) is 11.8 Å². The van der Waals surface area contributed by atoms with E-state index in [0.29, 0.717) is 12.3 Å². The molecule has 0 spiro atoms. The maximum atomic E-state index is 12.9. The van der Waals surface area contributed by atoms with Crippen molar-refractivity contribution >= 4 is 40.2 Å². The standard InChI is InChI=1S/C24H25N3O2S/c28-23(25-12-5-6-13-25)16-26-15-22(19-8-2-4-10-21(19)26)30-17-24(29)27-14-11-18-7-1-3-9-20(18)27/h1-4,7-10,15H,5-6,11-14,16-17H2. The van der Waals surface area contributed by atoms with Gasteiger partial charge in [0.05, 0.1) is 5.75 Å². The van der Waals surface area contributed by atoms with Crippen LogP contribution in [0.4, 0.5) is 5.69 Å². The van der Waals surface area contributed by atoms with E-state index in [1.165, 1.54) is 5.56 Å². The molecule has 2 amide bonds. The molecule has 0 N–H and O–H groups in total. The van der Waals surface area contributed by atoms with Crippen LogP contribution in [0.2, 0.25) is 0 Å². The smallest absolute Gasteiger partial charge is 0.242 e. The second kappa shape index (κ2) is 8.19. The zero-order valence-electron chi connectivity index (χ0n) is 16.9. The molecule has 154 valence electrons. The molecule has 1 saturated heterocycles. The Morgan fingerprint density at radius 3 is 2.53 bits per heavy atom. The minimum Gasteiger partial charge on any atom is -0.341 e. The monoisotopic (exact) mass is 419 g/mol. The summed E-state index contributed by atoms with van der Waals surface area (Å²) in [5.41, 5.74) is 3.33. The van der Waals surface area contributed by atoms with Gasteiger partial charge in [0.25, 0.3) is 0 Å². The van der Waals surface area contributed by atoms with Crippen LogP contribution in [0.1, 0.15) is 18.4 Å². The normalized spacial score (nSPS) is 15.7. The van der Waals surface area contributed by atoms with Gasteiger partial charge in [-0.2, -0.15) is 0 Å². The maximum absolute atomic E-state index is 12.9. The Morgan fingerprint density at radius 2 is 1.67 bits per heavy atom. The Labute approximate surface area is 180 Å². The van der Waals surface area contributed by atoms with Crippen molar-refractivity contribution in [3.63, 3.8) is 0 Å². The molecular weight excluding hydrogens is 394 g/mol. The molecule has 5 nitrogen and oxygen atoms in total. The lowest BCUT2D eigenvalue weighted by atomic mass is 10.2. The van der Waals surface area contributed by atoms with Crippen LogP contribution in [0, 0.1) is 0 Å². The molecule has 0 saturated carbocycles. The van der Waals surface area contributed by atoms with Crippen LogP contribution in [0.3, 0.4) is 0 Å². The van der Waals surface area contributed by atoms with Crippen LogP contribution in [-0.4, -0.2) is 46.7 Å². The molecule has 2 aliphatic rings. The number of para-hydroxylation sites is 2. The van der Waals surface area contributed by atoms with Gasteiger partial charge in [0.1, 0.15) is 6.54 Å². The van der Waals surface area contributed by atoms with Gasteiger partial charge in [-0.25, -0.2) is 0 Å². The summed E-state index contributed by atoms with van der Waals surface area (Å²) < 4.78 is 2.04. The van der Waals surface area contributed by atoms with Gasteiger partial charge < -0.3 is 14.4 Å². The number of aromatic nitrogens is 1. The van der Waals surface area contributed by atoms with E-state index in [4.69, 9.17) is 0 Å². The number of thioether (sulfide) groups is 1. The van der Waals surface area contributed by atoms with Crippen molar-refractivity contribution in [1.29, 1.82) is 0 Å². The van der Waals surface area contributed by atoms with Gasteiger partial charge in [0.15, 0.2) is 0 Å². The summed E-state index contributed by atoms with van der Waals surface area (Å²) in [5, 5.41) is 1.10. The number of hydrogen-bond donors (Lipinski definition) is 0. The quantitative estimate of drug-likeness (QED) is 0.589. The Balaban J connectivity index is 1.32. The van der Waals surface area contributed by atoms with E-state index in [9.17, 15) is 9.59 Å². The summed E-state index contributed by atoms with van der Waals surface area (Å²) in [7, 11) is 0. The van der Waals surface area contributed by atoms with E-state index < -0.39 is 0 Å². The number of rotatable bonds is 5. The third kappa shape index (κ3) is 3.60. The van der Waals surface area contributed by atoms with Crippen LogP contribution >= 0.6 is 11.8 Å². The van der Waals surface area contributed by atoms with Gasteiger partial charge in [-0.3, -0.25) is 9.59 Å². The number of fused-ring (bicyclic) bond motifs is 2. The summed E-state index contributed by atoms with van der Waals surface area (Å²) >= 11 is 1.56. The van der Waals surface area contributed by atoms with Gasteiger partial charge >= 0.3 is 0 Å². The lowest BCUT2D eigenvalue weighted by Gasteiger charge is -2.17. The first-order valence-electron chi connectivity index (χ1n) is 10.6. The van der Waals surface area contributed by atoms with Gasteiger partial charge in [0, 0.05) is 47.3 Å². The number of nitrogens with zero attached hydrogens (tertiary/aromatic N) is 3. The minimum absolute atomic E-state index is 0.134. The van der Waals surface area contributed by atoms with Gasteiger partial charge in [-0.15, -0.1) is 11.8 Å². The molecule has 1 aromatic heterocycles. The summed E-state index contributed by atoms with van der Waals surface area (Å²) in [6.45, 7) is 2.84. The van der Waals surface area contributed by atoms with Crippen LogP contribution in [0.25, 0.3) is 10.9 Å². The highest BCUT2D eigenvalue weighted by Gasteiger charge is 2.25. The number of carbonyl (C=O) groups excluding carboxylic acids is 2. The second-order valence-corrected chi connectivity index (χ2v) is 8.96. The number of anilines is 1. The Morgan fingerprint density at radius 1 is 0.900 bits per heavy atom. The lowest BCUT2D eigenvalue weighted by Crippen LogP contribution is -2.30. The largest absolute Gasteiger partial charge is 0.341 e. The van der Waals surface area contributed by atoms with Crippen LogP contribution < -0.4 is 4.90 Å². The average Bonchev–Trinajstić information content (AvgIpc) is 3.51. The number of carbonyl (C=O) groups is 2. The fraction of sp³-hybridized carbons (Fsp3) is 0.333. The first-order valence-corrected chi connectivity index (χ1v) is 11.6. The van der Waals surface area contributed by atoms with E-state index in [1.54, 1.807) is 11.8 Å². The predicted octanol–water partition coefficient (Wildman–Crippen LogP) is 3.95. The van der Waals surface area contributed by atoms with Crippen molar-refractivity contribution in [2.24, 2.45) is 0 Å². The molecule has 2 aliphatic heterocycles. The molecule has 2 aromatic carbocycles. The Bertz CT molecular complexity index is 1100. The van der Waals surface area contributed by atoms with Gasteiger partial charge in [-0.05, 0) is 37.0 Å². The van der Waals surface area contributed by atoms with Crippen molar-refractivity contribution in [2.75, 3.05) is 30.3 Å². The summed E-state index contributed by atoms with van der Waals surface area (Å²) in [6, 6.07) is 16.3. The molecular formula is C24H25N3O2S. The topological polar surface area (TPSA) is 45.6 Å². The minimum atomic E-state index is 0.134. The fourth-order valence-electron chi connectivity index (χ4n) is 4.49. The molecule has 6 heteroatoms. The van der Waals surface area contributed by atoms with Crippen LogP contribution in [0.5, 0.6) is 0 Å². The molecule has 0 radical (unpaired) electrons. The predicted molar refractivity (Wildman–Crippen MR) is 121 cm³/mol. The number of benzene rings is 2. The van der Waals surface area contributed by atoms with Crippen LogP contribution in [-0.2, 0) is 22.6 Å². The number of likely N-dealkylation sites (tertiary alicyclic amines) is 1. The molecule has 0 atom stereocenters. The first kappa shape index (κ1) is 19.2. The van der Waals surface area contributed by atoms with Gasteiger partial charge in [-0.1, -0.05) is 36.4 Å². The third-order valence-corrected chi connectivity index (χ3v) is 7.08. The van der Waals surface area contributed by atoms with E-state index >= 15 is 0 Å². The number of amides is 2. The van der Waals surface area contributed by atoms with Crippen molar-refractivity contribution in [3.8, 4) is 0 Å². The van der Waals surface area contributed by atoms with Crippen LogP contribution in [0.15, 0.2) is 59.6 Å². The highest BCUT2D eigenvalue weighted by Crippen LogP contribution is 2.32. The van der Waals surface area contributed by atoms with E-state index in [1.807, 2.05) is 50.9 Å². The SMILES string of the molecule is O=C(Cn1cc(SCC(=O)N2CCc3ccccc32)c2ccccc21)N1CCCC1. The van der Waals surface area contributed by atoms with Crippen molar-refractivity contribution < 1.29 is 9.59 Å². The zero-order chi connectivity index (χ0) is 20.5. The molecule has 0 bridgehead atoms. The highest BCUT2D eigenvalue weighted by molar-refractivity contribution is 8.00. The summed E-state index contributed by atoms with van der Waals surface area (Å²) in [5.74, 6) is 0.701. The maximum Gasteiger partial charge on any atom is 0.242 e. The third-order valence-electron chi connectivity index (χ3n) is 6.06. The zero-order valence-corrected chi connectivity index (χ0v) is 17.7. The second-order valence-electron chi connectivity index (χ2n) is 7.94. The van der Waals surface area contributed by atoms with Crippen molar-refractivity contribution in [2.45, 2.75) is 30.7 Å². The van der Waals surface area contributed by atoms with Crippen molar-refractivity contribution in [3.05, 3.63) is 60.3 Å². The Kier molecular flexibility index (Phi) is 5.25. The highest BCUT2D eigenvalue weighted by atomic mass is 32.2. The molecule has 3 aromatic rings. The summed E-state index contributed by atoms with van der Waals surface area (Å²) in [6.07, 6.45) is 5.15. The first-order chi connectivity index (χ1) is 14.7. The Hall–Kier alpha value is -2.73. The van der Waals surface area contributed by atoms with E-state index in [2.05, 4.69) is 18.2 Å². The molecule has 1 fully saturated rings. The summed E-state index contributed by atoms with van der Waals surface area (Å²) in [4.78, 5) is 30.5. The van der Waals surface area contributed by atoms with Gasteiger partial charge in [0.2, 0.25) is 11.8 Å².